The summed E-state index contributed by atoms with van der Waals surface area (Å²) in [7, 11) is 1.41. The van der Waals surface area contributed by atoms with Crippen molar-refractivity contribution in [3.63, 3.8) is 0 Å². The van der Waals surface area contributed by atoms with Crippen LogP contribution in [0.1, 0.15) is 56.2 Å². The minimum atomic E-state index is -0.414. The van der Waals surface area contributed by atoms with E-state index in [1.165, 1.54) is 7.11 Å². The van der Waals surface area contributed by atoms with Crippen LogP contribution >= 0.6 is 0 Å². The number of ether oxygens (including phenoxy) is 2. The average molecular weight is 294 g/mol. The molecule has 0 amide bonds. The molecule has 2 aliphatic rings. The Balaban J connectivity index is 1.72. The molecule has 6 nitrogen and oxygen atoms in total. The van der Waals surface area contributed by atoms with Crippen LogP contribution in [0.3, 0.4) is 0 Å². The van der Waals surface area contributed by atoms with Crippen LogP contribution in [0.2, 0.25) is 0 Å². The lowest BCUT2D eigenvalue weighted by Crippen LogP contribution is -2.22. The number of methoxy groups -OCH3 is 1. The summed E-state index contributed by atoms with van der Waals surface area (Å²) in [6.07, 6.45) is 7.28. The van der Waals surface area contributed by atoms with Gasteiger partial charge < -0.3 is 14.0 Å². The van der Waals surface area contributed by atoms with E-state index in [1.807, 2.05) is 0 Å². The summed E-state index contributed by atoms with van der Waals surface area (Å²) in [6.45, 7) is 0.808. The predicted molar refractivity (Wildman–Crippen MR) is 73.7 cm³/mol. The lowest BCUT2D eigenvalue weighted by molar-refractivity contribution is -0.144. The van der Waals surface area contributed by atoms with Crippen molar-refractivity contribution >= 4 is 5.97 Å². The molecule has 1 saturated heterocycles. The van der Waals surface area contributed by atoms with Crippen LogP contribution in [0.15, 0.2) is 4.52 Å². The number of hydrogen-bond acceptors (Lipinski definition) is 6. The van der Waals surface area contributed by atoms with Crippen LogP contribution in [0.25, 0.3) is 0 Å². The zero-order chi connectivity index (χ0) is 14.7. The monoisotopic (exact) mass is 294 g/mol. The maximum Gasteiger partial charge on any atom is 0.318 e. The third kappa shape index (κ3) is 3.26. The largest absolute Gasteiger partial charge is 0.468 e. The van der Waals surface area contributed by atoms with Gasteiger partial charge in [0.25, 0.3) is 0 Å². The first-order valence-electron chi connectivity index (χ1n) is 7.80. The smallest absolute Gasteiger partial charge is 0.318 e. The highest BCUT2D eigenvalue weighted by Gasteiger charge is 2.37. The van der Waals surface area contributed by atoms with Gasteiger partial charge >= 0.3 is 5.97 Å². The maximum atomic E-state index is 12.1. The van der Waals surface area contributed by atoms with E-state index < -0.39 is 5.92 Å². The Morgan fingerprint density at radius 2 is 2.14 bits per heavy atom. The fourth-order valence-corrected chi connectivity index (χ4v) is 3.40. The summed E-state index contributed by atoms with van der Waals surface area (Å²) in [4.78, 5) is 16.5. The van der Waals surface area contributed by atoms with Crippen LogP contribution in [-0.2, 0) is 20.7 Å². The van der Waals surface area contributed by atoms with E-state index in [2.05, 4.69) is 10.1 Å². The first-order chi connectivity index (χ1) is 10.3. The first-order valence-corrected chi connectivity index (χ1v) is 7.80. The van der Waals surface area contributed by atoms with Gasteiger partial charge in [0.15, 0.2) is 5.82 Å². The van der Waals surface area contributed by atoms with Gasteiger partial charge in [0.05, 0.1) is 13.2 Å². The van der Waals surface area contributed by atoms with E-state index in [0.717, 1.165) is 45.1 Å². The topological polar surface area (TPSA) is 74.5 Å². The molecule has 116 valence electrons. The second kappa shape index (κ2) is 6.56. The zero-order valence-electron chi connectivity index (χ0n) is 12.4. The number of carbonyl (C=O) groups excluding carboxylic acids is 1. The number of aromatic nitrogens is 2. The number of carbonyl (C=O) groups is 1. The van der Waals surface area contributed by atoms with Crippen molar-refractivity contribution < 1.29 is 18.8 Å². The quantitative estimate of drug-likeness (QED) is 0.775. The Hall–Kier alpha value is -1.43. The van der Waals surface area contributed by atoms with E-state index >= 15 is 0 Å². The molecule has 6 heteroatoms. The maximum absolute atomic E-state index is 12.1. The molecule has 0 spiro atoms. The SMILES string of the molecule is COC(=O)C(c1nc(CC2CCCO2)no1)C1CCCC1. The normalized spacial score (nSPS) is 24.3. The number of nitrogens with zero attached hydrogens (tertiary/aromatic N) is 2. The van der Waals surface area contributed by atoms with Crippen LogP contribution in [0.5, 0.6) is 0 Å². The van der Waals surface area contributed by atoms with Crippen molar-refractivity contribution in [1.29, 1.82) is 0 Å². The van der Waals surface area contributed by atoms with E-state index in [0.29, 0.717) is 18.1 Å². The van der Waals surface area contributed by atoms with Crippen molar-refractivity contribution in [2.75, 3.05) is 13.7 Å². The van der Waals surface area contributed by atoms with E-state index in [-0.39, 0.29) is 18.0 Å². The minimum absolute atomic E-state index is 0.179. The highest BCUT2D eigenvalue weighted by Crippen LogP contribution is 2.37. The van der Waals surface area contributed by atoms with E-state index in [4.69, 9.17) is 14.0 Å². The standard InChI is InChI=1S/C15H22N2O4/c1-19-15(18)13(10-5-2-3-6-10)14-16-12(17-21-14)9-11-7-4-8-20-11/h10-11,13H,2-9H2,1H3. The summed E-state index contributed by atoms with van der Waals surface area (Å²) in [6, 6.07) is 0. The molecule has 1 aromatic heterocycles. The van der Waals surface area contributed by atoms with Gasteiger partial charge in [-0.1, -0.05) is 18.0 Å². The lowest BCUT2D eigenvalue weighted by Gasteiger charge is -2.16. The predicted octanol–water partition coefficient (Wildman–Crippen LogP) is 2.24. The highest BCUT2D eigenvalue weighted by atomic mass is 16.5. The van der Waals surface area contributed by atoms with E-state index in [9.17, 15) is 4.79 Å². The number of rotatable bonds is 5. The third-order valence-corrected chi connectivity index (χ3v) is 4.51. The van der Waals surface area contributed by atoms with Gasteiger partial charge in [-0.2, -0.15) is 4.98 Å². The second-order valence-electron chi connectivity index (χ2n) is 5.93. The lowest BCUT2D eigenvalue weighted by atomic mass is 9.91. The first kappa shape index (κ1) is 14.5. The molecule has 1 aliphatic carbocycles. The fraction of sp³-hybridized carbons (Fsp3) is 0.800. The van der Waals surface area contributed by atoms with Gasteiger partial charge in [-0.15, -0.1) is 0 Å². The van der Waals surface area contributed by atoms with Crippen molar-refractivity contribution in [2.24, 2.45) is 5.92 Å². The summed E-state index contributed by atoms with van der Waals surface area (Å²) in [5.41, 5.74) is 0. The molecule has 0 aromatic carbocycles. The molecule has 3 rings (SSSR count). The molecule has 2 unspecified atom stereocenters. The minimum Gasteiger partial charge on any atom is -0.468 e. The van der Waals surface area contributed by atoms with Crippen molar-refractivity contribution in [2.45, 2.75) is 57.0 Å². The molecular weight excluding hydrogens is 272 g/mol. The molecular formula is C15H22N2O4. The Labute approximate surface area is 124 Å². The van der Waals surface area contributed by atoms with Crippen molar-refractivity contribution in [3.05, 3.63) is 11.7 Å². The van der Waals surface area contributed by atoms with E-state index in [1.54, 1.807) is 0 Å². The molecule has 2 heterocycles. The molecule has 1 aromatic rings. The molecule has 2 fully saturated rings. The van der Waals surface area contributed by atoms with Crippen LogP contribution < -0.4 is 0 Å². The average Bonchev–Trinajstić information content (AvgIpc) is 3.22. The van der Waals surface area contributed by atoms with Gasteiger partial charge in [0.1, 0.15) is 5.92 Å². The van der Waals surface area contributed by atoms with Gasteiger partial charge in [-0.05, 0) is 31.6 Å². The van der Waals surface area contributed by atoms with Crippen LogP contribution in [0, 0.1) is 5.92 Å². The van der Waals surface area contributed by atoms with Crippen LogP contribution in [0.4, 0.5) is 0 Å². The molecule has 1 saturated carbocycles. The molecule has 0 N–H and O–H groups in total. The van der Waals surface area contributed by atoms with Gasteiger partial charge in [-0.25, -0.2) is 0 Å². The number of esters is 1. The summed E-state index contributed by atoms with van der Waals surface area (Å²) >= 11 is 0. The third-order valence-electron chi connectivity index (χ3n) is 4.51. The van der Waals surface area contributed by atoms with Gasteiger partial charge in [0.2, 0.25) is 5.89 Å². The summed E-state index contributed by atoms with van der Waals surface area (Å²) in [5, 5.41) is 4.01. The van der Waals surface area contributed by atoms with Crippen molar-refractivity contribution in [1.82, 2.24) is 10.1 Å². The Morgan fingerprint density at radius 1 is 1.33 bits per heavy atom. The summed E-state index contributed by atoms with van der Waals surface area (Å²) < 4.78 is 15.9. The second-order valence-corrected chi connectivity index (χ2v) is 5.93. The van der Waals surface area contributed by atoms with Crippen LogP contribution in [-0.4, -0.2) is 35.9 Å². The Morgan fingerprint density at radius 3 is 2.81 bits per heavy atom. The molecule has 0 bridgehead atoms. The molecule has 0 radical (unpaired) electrons. The highest BCUT2D eigenvalue weighted by molar-refractivity contribution is 5.77. The number of hydrogen-bond donors (Lipinski definition) is 0. The van der Waals surface area contributed by atoms with Gasteiger partial charge in [0, 0.05) is 13.0 Å². The van der Waals surface area contributed by atoms with Crippen molar-refractivity contribution in [3.8, 4) is 0 Å². The summed E-state index contributed by atoms with van der Waals surface area (Å²) in [5.74, 6) is 0.608. The zero-order valence-corrected chi connectivity index (χ0v) is 12.4. The molecule has 2 atom stereocenters. The fourth-order valence-electron chi connectivity index (χ4n) is 3.40. The molecule has 1 aliphatic heterocycles. The molecule has 21 heavy (non-hydrogen) atoms. The Kier molecular flexibility index (Phi) is 4.53. The van der Waals surface area contributed by atoms with Gasteiger partial charge in [-0.3, -0.25) is 4.79 Å². The Bertz CT molecular complexity index is 476.